The summed E-state index contributed by atoms with van der Waals surface area (Å²) >= 11 is 3.21. The predicted molar refractivity (Wildman–Crippen MR) is 72.8 cm³/mol. The Bertz CT molecular complexity index is 549. The first-order valence-corrected chi connectivity index (χ1v) is 6.55. The Morgan fingerprint density at radius 1 is 1.68 bits per heavy atom. The molecule has 1 saturated heterocycles. The van der Waals surface area contributed by atoms with Gasteiger partial charge in [0.05, 0.1) is 10.6 Å². The van der Waals surface area contributed by atoms with Crippen molar-refractivity contribution in [3.8, 4) is 0 Å². The molecule has 102 valence electrons. The lowest BCUT2D eigenvalue weighted by Crippen LogP contribution is -2.27. The summed E-state index contributed by atoms with van der Waals surface area (Å²) in [7, 11) is 0. The number of nitro groups is 1. The fourth-order valence-corrected chi connectivity index (χ4v) is 2.34. The van der Waals surface area contributed by atoms with Crippen LogP contribution in [0, 0.1) is 23.0 Å². The van der Waals surface area contributed by atoms with Crippen molar-refractivity contribution in [1.29, 1.82) is 0 Å². The minimum atomic E-state index is -0.532. The molecule has 1 aliphatic heterocycles. The van der Waals surface area contributed by atoms with Crippen LogP contribution in [0.4, 0.5) is 11.5 Å². The maximum Gasteiger partial charge on any atom is 0.313 e. The number of aromatic nitrogens is 1. The molecule has 1 aromatic rings. The number of anilines is 1. The third kappa shape index (κ3) is 2.59. The highest BCUT2D eigenvalue weighted by Crippen LogP contribution is 2.34. The van der Waals surface area contributed by atoms with E-state index in [0.717, 1.165) is 0 Å². The summed E-state index contributed by atoms with van der Waals surface area (Å²) in [5, 5.41) is 11.1. The molecule has 1 aromatic heterocycles. The van der Waals surface area contributed by atoms with Crippen LogP contribution in [0.3, 0.4) is 0 Å². The molecule has 0 aromatic carbocycles. The zero-order chi connectivity index (χ0) is 14.2. The topological polar surface area (TPSA) is 102 Å². The molecule has 7 nitrogen and oxygen atoms in total. The number of hydrogen-bond acceptors (Lipinski definition) is 5. The molecule has 1 fully saturated rings. The van der Waals surface area contributed by atoms with Gasteiger partial charge in [-0.15, -0.1) is 0 Å². The average molecular weight is 329 g/mol. The summed E-state index contributed by atoms with van der Waals surface area (Å²) in [6, 6.07) is 1.38. The molecule has 8 heteroatoms. The van der Waals surface area contributed by atoms with Gasteiger partial charge in [0.15, 0.2) is 0 Å². The molecule has 0 radical (unpaired) electrons. The van der Waals surface area contributed by atoms with Crippen molar-refractivity contribution in [2.45, 2.75) is 13.3 Å². The Kier molecular flexibility index (Phi) is 3.81. The number of amides is 1. The minimum absolute atomic E-state index is 0.0258. The van der Waals surface area contributed by atoms with E-state index in [0.29, 0.717) is 29.7 Å². The van der Waals surface area contributed by atoms with Crippen molar-refractivity contribution in [2.75, 3.05) is 18.0 Å². The summed E-state index contributed by atoms with van der Waals surface area (Å²) < 4.78 is 0.546. The molecule has 19 heavy (non-hydrogen) atoms. The lowest BCUT2D eigenvalue weighted by molar-refractivity contribution is -0.384. The van der Waals surface area contributed by atoms with Crippen LogP contribution in [0.5, 0.6) is 0 Å². The maximum absolute atomic E-state index is 11.9. The largest absolute Gasteiger partial charge is 0.330 e. The van der Waals surface area contributed by atoms with Gasteiger partial charge in [0.2, 0.25) is 11.7 Å². The van der Waals surface area contributed by atoms with Crippen molar-refractivity contribution >= 4 is 33.3 Å². The third-order valence-electron chi connectivity index (χ3n) is 3.10. The van der Waals surface area contributed by atoms with Crippen molar-refractivity contribution < 1.29 is 9.72 Å². The molecule has 1 atom stereocenters. The van der Waals surface area contributed by atoms with Gasteiger partial charge in [-0.1, -0.05) is 0 Å². The molecular formula is C11H13BrN4O3. The molecule has 1 unspecified atom stereocenters. The van der Waals surface area contributed by atoms with E-state index in [9.17, 15) is 14.9 Å². The number of halogens is 1. The van der Waals surface area contributed by atoms with Crippen LogP contribution in [0.25, 0.3) is 0 Å². The van der Waals surface area contributed by atoms with E-state index in [1.165, 1.54) is 11.0 Å². The van der Waals surface area contributed by atoms with Crippen LogP contribution in [0.1, 0.15) is 12.1 Å². The first-order chi connectivity index (χ1) is 8.93. The standard InChI is InChI=1S/C11H13BrN4O3/c1-6-8(12)3-9(16(18)19)11(14-6)15-5-7(4-13)2-10(15)17/h3,7H,2,4-5,13H2,1H3. The summed E-state index contributed by atoms with van der Waals surface area (Å²) in [5.41, 5.74) is 5.97. The Hall–Kier alpha value is -1.54. The van der Waals surface area contributed by atoms with E-state index in [2.05, 4.69) is 20.9 Å². The Morgan fingerprint density at radius 2 is 2.37 bits per heavy atom. The van der Waals surface area contributed by atoms with Gasteiger partial charge in [-0.2, -0.15) is 0 Å². The van der Waals surface area contributed by atoms with Gasteiger partial charge in [0.25, 0.3) is 0 Å². The fourth-order valence-electron chi connectivity index (χ4n) is 2.04. The second-order valence-corrected chi connectivity index (χ2v) is 5.32. The predicted octanol–water partition coefficient (Wildman–Crippen LogP) is 1.37. The first kappa shape index (κ1) is 13.9. The highest BCUT2D eigenvalue weighted by molar-refractivity contribution is 9.10. The Labute approximate surface area is 118 Å². The van der Waals surface area contributed by atoms with Crippen LogP contribution in [-0.2, 0) is 4.79 Å². The minimum Gasteiger partial charge on any atom is -0.330 e. The number of nitrogens with two attached hydrogens (primary N) is 1. The van der Waals surface area contributed by atoms with Gasteiger partial charge in [-0.25, -0.2) is 4.98 Å². The molecule has 2 heterocycles. The Morgan fingerprint density at radius 3 is 2.89 bits per heavy atom. The van der Waals surface area contributed by atoms with Gasteiger partial charge >= 0.3 is 5.69 Å². The second-order valence-electron chi connectivity index (χ2n) is 4.47. The molecular weight excluding hydrogens is 316 g/mol. The third-order valence-corrected chi connectivity index (χ3v) is 3.91. The highest BCUT2D eigenvalue weighted by atomic mass is 79.9. The summed E-state index contributed by atoms with van der Waals surface area (Å²) in [5.74, 6) is -0.0442. The normalized spacial score (nSPS) is 19.0. The molecule has 0 bridgehead atoms. The Balaban J connectivity index is 2.47. The van der Waals surface area contributed by atoms with E-state index in [4.69, 9.17) is 5.73 Å². The van der Waals surface area contributed by atoms with E-state index < -0.39 is 4.92 Å². The monoisotopic (exact) mass is 328 g/mol. The lowest BCUT2D eigenvalue weighted by atomic mass is 10.1. The molecule has 1 amide bonds. The SMILES string of the molecule is Cc1nc(N2CC(CN)CC2=O)c([N+](=O)[O-])cc1Br. The smallest absolute Gasteiger partial charge is 0.313 e. The van der Waals surface area contributed by atoms with Crippen LogP contribution >= 0.6 is 15.9 Å². The van der Waals surface area contributed by atoms with Crippen molar-refractivity contribution in [1.82, 2.24) is 4.98 Å². The summed E-state index contributed by atoms with van der Waals surface area (Å²) in [6.07, 6.45) is 0.310. The van der Waals surface area contributed by atoms with Gasteiger partial charge in [0.1, 0.15) is 0 Å². The van der Waals surface area contributed by atoms with Crippen LogP contribution in [-0.4, -0.2) is 28.9 Å². The van der Waals surface area contributed by atoms with Gasteiger partial charge in [0, 0.05) is 23.5 Å². The number of aryl methyl sites for hydroxylation is 1. The van der Waals surface area contributed by atoms with E-state index in [1.54, 1.807) is 6.92 Å². The van der Waals surface area contributed by atoms with Crippen molar-refractivity contribution in [3.63, 3.8) is 0 Å². The lowest BCUT2D eigenvalue weighted by Gasteiger charge is -2.16. The highest BCUT2D eigenvalue weighted by Gasteiger charge is 2.35. The molecule has 0 saturated carbocycles. The van der Waals surface area contributed by atoms with Crippen LogP contribution in [0.2, 0.25) is 0 Å². The zero-order valence-electron chi connectivity index (χ0n) is 10.3. The number of rotatable bonds is 3. The average Bonchev–Trinajstić information content (AvgIpc) is 2.73. The number of nitrogens with zero attached hydrogens (tertiary/aromatic N) is 3. The quantitative estimate of drug-likeness (QED) is 0.666. The molecule has 2 rings (SSSR count). The molecule has 0 aliphatic carbocycles. The van der Waals surface area contributed by atoms with E-state index in [-0.39, 0.29) is 23.3 Å². The molecule has 2 N–H and O–H groups in total. The maximum atomic E-state index is 11.9. The first-order valence-electron chi connectivity index (χ1n) is 5.76. The fraction of sp³-hybridized carbons (Fsp3) is 0.455. The molecule has 1 aliphatic rings. The van der Waals surface area contributed by atoms with Gasteiger partial charge < -0.3 is 5.73 Å². The summed E-state index contributed by atoms with van der Waals surface area (Å²) in [6.45, 7) is 2.48. The number of carbonyl (C=O) groups excluding carboxylic acids is 1. The summed E-state index contributed by atoms with van der Waals surface area (Å²) in [4.78, 5) is 28.0. The van der Waals surface area contributed by atoms with Gasteiger partial charge in [-0.05, 0) is 35.3 Å². The van der Waals surface area contributed by atoms with Crippen LogP contribution < -0.4 is 10.6 Å². The second kappa shape index (κ2) is 5.22. The van der Waals surface area contributed by atoms with Crippen molar-refractivity contribution in [3.05, 3.63) is 26.3 Å². The van der Waals surface area contributed by atoms with E-state index >= 15 is 0 Å². The van der Waals surface area contributed by atoms with Crippen LogP contribution in [0.15, 0.2) is 10.5 Å². The number of carbonyl (C=O) groups is 1. The molecule has 0 spiro atoms. The van der Waals surface area contributed by atoms with E-state index in [1.807, 2.05) is 0 Å². The zero-order valence-corrected chi connectivity index (χ0v) is 11.9. The van der Waals surface area contributed by atoms with Gasteiger partial charge in [-0.3, -0.25) is 19.8 Å². The number of pyridine rings is 1. The number of hydrogen-bond donors (Lipinski definition) is 1. The van der Waals surface area contributed by atoms with Crippen molar-refractivity contribution in [2.24, 2.45) is 11.7 Å².